The molecule has 0 saturated heterocycles. The fraction of sp³-hybridized carbons (Fsp3) is 0.127. The van der Waals surface area contributed by atoms with Crippen LogP contribution in [0.1, 0.15) is 51.3 Å². The Kier molecular flexibility index (Phi) is 7.20. The predicted molar refractivity (Wildman–Crippen MR) is 243 cm³/mol. The molecule has 57 heavy (non-hydrogen) atoms. The summed E-state index contributed by atoms with van der Waals surface area (Å²) in [5, 5.41) is 9.66. The van der Waals surface area contributed by atoms with E-state index in [2.05, 4.69) is 209 Å². The Labute approximate surface area is 333 Å². The third-order valence-electron chi connectivity index (χ3n) is 12.6. The van der Waals surface area contributed by atoms with Crippen LogP contribution in [0, 0.1) is 0 Å². The second-order valence-corrected chi connectivity index (χ2v) is 17.3. The first-order chi connectivity index (χ1) is 27.7. The highest BCUT2D eigenvalue weighted by atomic mass is 16.3. The van der Waals surface area contributed by atoms with Crippen LogP contribution >= 0.6 is 0 Å². The van der Waals surface area contributed by atoms with Crippen molar-refractivity contribution in [1.82, 2.24) is 0 Å². The third-order valence-corrected chi connectivity index (χ3v) is 12.6. The van der Waals surface area contributed by atoms with Crippen molar-refractivity contribution in [2.24, 2.45) is 0 Å². The van der Waals surface area contributed by atoms with Gasteiger partial charge in [0.1, 0.15) is 11.2 Å². The first-order valence-corrected chi connectivity index (χ1v) is 20.1. The minimum atomic E-state index is -0.135. The number of fused-ring (bicyclic) bond motifs is 9. The third kappa shape index (κ3) is 5.03. The van der Waals surface area contributed by atoms with Gasteiger partial charge in [0.25, 0.3) is 0 Å². The van der Waals surface area contributed by atoms with Gasteiger partial charge in [0.15, 0.2) is 0 Å². The van der Waals surface area contributed by atoms with Crippen LogP contribution in [-0.4, -0.2) is 0 Å². The van der Waals surface area contributed by atoms with Crippen LogP contribution in [0.4, 0.5) is 17.1 Å². The molecule has 0 unspecified atom stereocenters. The van der Waals surface area contributed by atoms with Crippen molar-refractivity contribution in [2.75, 3.05) is 4.90 Å². The van der Waals surface area contributed by atoms with E-state index in [-0.39, 0.29) is 10.8 Å². The second kappa shape index (κ2) is 12.2. The molecule has 2 heteroatoms. The topological polar surface area (TPSA) is 16.4 Å². The number of hydrogen-bond acceptors (Lipinski definition) is 2. The molecule has 2 nitrogen and oxygen atoms in total. The molecule has 10 aromatic rings. The molecule has 1 heterocycles. The van der Waals surface area contributed by atoms with E-state index < -0.39 is 0 Å². The summed E-state index contributed by atoms with van der Waals surface area (Å²) in [4.78, 5) is 2.52. The Morgan fingerprint density at radius 2 is 1.09 bits per heavy atom. The van der Waals surface area contributed by atoms with Gasteiger partial charge in [-0.05, 0) is 103 Å². The molecular formula is C55H43NO. The smallest absolute Gasteiger partial charge is 0.143 e. The lowest BCUT2D eigenvalue weighted by Crippen LogP contribution is -2.16. The largest absolute Gasteiger partial charge is 0.455 e. The lowest BCUT2D eigenvalue weighted by molar-refractivity contribution is 0.596. The molecule has 0 bridgehead atoms. The van der Waals surface area contributed by atoms with Crippen molar-refractivity contribution in [3.63, 3.8) is 0 Å². The van der Waals surface area contributed by atoms with Crippen molar-refractivity contribution >= 4 is 71.3 Å². The minimum Gasteiger partial charge on any atom is -0.455 e. The number of para-hydroxylation sites is 2. The molecule has 0 aliphatic heterocycles. The first-order valence-electron chi connectivity index (χ1n) is 20.1. The molecule has 0 spiro atoms. The van der Waals surface area contributed by atoms with Gasteiger partial charge in [-0.2, -0.15) is 0 Å². The molecule has 1 aromatic heterocycles. The summed E-state index contributed by atoms with van der Waals surface area (Å²) in [6.45, 7) is 11.7. The average molecular weight is 734 g/mol. The fourth-order valence-corrected chi connectivity index (χ4v) is 9.78. The van der Waals surface area contributed by atoms with Crippen molar-refractivity contribution in [3.05, 3.63) is 187 Å². The molecule has 0 atom stereocenters. The number of nitrogens with zero attached hydrogens (tertiary/aromatic N) is 1. The van der Waals surface area contributed by atoms with Crippen LogP contribution in [0.2, 0.25) is 0 Å². The van der Waals surface area contributed by atoms with Gasteiger partial charge in [0, 0.05) is 38.4 Å². The first kappa shape index (κ1) is 33.7. The van der Waals surface area contributed by atoms with E-state index in [1.54, 1.807) is 0 Å². The summed E-state index contributed by atoms with van der Waals surface area (Å²) in [5.41, 5.74) is 13.9. The highest BCUT2D eigenvalue weighted by molar-refractivity contribution is 6.16. The summed E-state index contributed by atoms with van der Waals surface area (Å²) >= 11 is 0. The summed E-state index contributed by atoms with van der Waals surface area (Å²) in [5.74, 6) is 0. The fourth-order valence-electron chi connectivity index (χ4n) is 9.78. The van der Waals surface area contributed by atoms with Gasteiger partial charge >= 0.3 is 0 Å². The Balaban J connectivity index is 1.25. The molecule has 0 fully saturated rings. The zero-order chi connectivity index (χ0) is 38.6. The van der Waals surface area contributed by atoms with E-state index in [1.807, 2.05) is 0 Å². The van der Waals surface area contributed by atoms with Crippen molar-refractivity contribution < 1.29 is 4.42 Å². The van der Waals surface area contributed by atoms with Gasteiger partial charge in [-0.1, -0.05) is 162 Å². The molecule has 274 valence electrons. The molecule has 0 amide bonds. The lowest BCUT2D eigenvalue weighted by atomic mass is 9.82. The van der Waals surface area contributed by atoms with Crippen LogP contribution in [-0.2, 0) is 10.8 Å². The number of anilines is 3. The highest BCUT2D eigenvalue weighted by Crippen LogP contribution is 2.54. The van der Waals surface area contributed by atoms with Gasteiger partial charge < -0.3 is 9.32 Å². The van der Waals surface area contributed by atoms with Crippen LogP contribution in [0.5, 0.6) is 0 Å². The normalized spacial score (nSPS) is 13.5. The Morgan fingerprint density at radius 3 is 1.88 bits per heavy atom. The van der Waals surface area contributed by atoms with E-state index in [9.17, 15) is 0 Å². The van der Waals surface area contributed by atoms with Crippen LogP contribution < -0.4 is 4.90 Å². The van der Waals surface area contributed by atoms with Crippen molar-refractivity contribution in [1.29, 1.82) is 0 Å². The monoisotopic (exact) mass is 733 g/mol. The van der Waals surface area contributed by atoms with E-state index in [0.29, 0.717) is 0 Å². The maximum absolute atomic E-state index is 6.80. The minimum absolute atomic E-state index is 0.0281. The molecular weight excluding hydrogens is 691 g/mol. The number of furan rings is 1. The van der Waals surface area contributed by atoms with Gasteiger partial charge in [-0.15, -0.1) is 0 Å². The lowest BCUT2D eigenvalue weighted by Gasteiger charge is -2.32. The quantitative estimate of drug-likeness (QED) is 0.179. The van der Waals surface area contributed by atoms with E-state index in [1.165, 1.54) is 60.1 Å². The van der Waals surface area contributed by atoms with Crippen LogP contribution in [0.3, 0.4) is 0 Å². The molecule has 1 aliphatic carbocycles. The number of rotatable bonds is 4. The van der Waals surface area contributed by atoms with E-state index in [4.69, 9.17) is 4.42 Å². The molecule has 1 aliphatic rings. The Bertz CT molecular complexity index is 3260. The standard InChI is InChI=1S/C55H43NO/c1-54(2,3)46-28-30-49(40-20-11-10-19-39(40)46)56(37-26-27-47-45(33-37)44-31-35-16-6-7-17-36(35)32-48(44)55(47,4)5)50-29-25-34-15-8-9-18-38(34)52(50)43-23-14-22-42-41-21-12-13-24-51(41)57-53(42)43/h6-33H,1-5H3. The zero-order valence-corrected chi connectivity index (χ0v) is 33.0. The van der Waals surface area contributed by atoms with E-state index in [0.717, 1.165) is 50.1 Å². The number of hydrogen-bond donors (Lipinski definition) is 0. The molecule has 0 radical (unpaired) electrons. The predicted octanol–water partition coefficient (Wildman–Crippen LogP) is 15.8. The van der Waals surface area contributed by atoms with Gasteiger partial charge in [-0.3, -0.25) is 0 Å². The van der Waals surface area contributed by atoms with E-state index >= 15 is 0 Å². The van der Waals surface area contributed by atoms with Gasteiger partial charge in [0.2, 0.25) is 0 Å². The zero-order valence-electron chi connectivity index (χ0n) is 33.0. The summed E-state index contributed by atoms with van der Waals surface area (Å²) < 4.78 is 6.80. The highest BCUT2D eigenvalue weighted by Gasteiger charge is 2.37. The van der Waals surface area contributed by atoms with Crippen LogP contribution in [0.25, 0.3) is 76.5 Å². The molecule has 0 saturated carbocycles. The van der Waals surface area contributed by atoms with Crippen molar-refractivity contribution in [3.8, 4) is 22.3 Å². The van der Waals surface area contributed by atoms with Gasteiger partial charge in [0.05, 0.1) is 11.4 Å². The van der Waals surface area contributed by atoms with Crippen molar-refractivity contribution in [2.45, 2.75) is 45.4 Å². The summed E-state index contributed by atoms with van der Waals surface area (Å²) in [7, 11) is 0. The second-order valence-electron chi connectivity index (χ2n) is 17.3. The summed E-state index contributed by atoms with van der Waals surface area (Å²) in [6, 6.07) is 62.8. The Morgan fingerprint density at radius 1 is 0.456 bits per heavy atom. The maximum Gasteiger partial charge on any atom is 0.143 e. The summed E-state index contributed by atoms with van der Waals surface area (Å²) in [6.07, 6.45) is 0. The molecule has 9 aromatic carbocycles. The van der Waals surface area contributed by atoms with Crippen LogP contribution in [0.15, 0.2) is 174 Å². The molecule has 0 N–H and O–H groups in total. The maximum atomic E-state index is 6.80. The number of benzene rings is 9. The average Bonchev–Trinajstić information content (AvgIpc) is 3.71. The molecule has 11 rings (SSSR count). The SMILES string of the molecule is CC(C)(C)c1ccc(N(c2ccc3c(c2)-c2cc4ccccc4cc2C3(C)C)c2ccc3ccccc3c2-c2cccc3c2oc2ccccc23)c2ccccc12. The van der Waals surface area contributed by atoms with Gasteiger partial charge in [-0.25, -0.2) is 0 Å². The Hall–Kier alpha value is -6.64.